The molecule has 3 aromatic rings. The van der Waals surface area contributed by atoms with Gasteiger partial charge in [-0.15, -0.1) is 11.3 Å². The molecule has 0 saturated carbocycles. The fourth-order valence-electron chi connectivity index (χ4n) is 2.94. The lowest BCUT2D eigenvalue weighted by atomic mass is 10.2. The standard InChI is InChI=1S/C21H26N6S/c1-3-27(4-2)11-5-10-23-17-6-8-18(9-7-17)24-21-13-19(25-26-21)20-12-16(14-22)15-28-20/h6-9,12-13,15,23H,3-5,10-11H2,1-2H3,(H2,24,25,26). The number of aromatic amines is 1. The number of anilines is 3. The van der Waals surface area contributed by atoms with Crippen LogP contribution in [0.5, 0.6) is 0 Å². The fourth-order valence-corrected chi connectivity index (χ4v) is 3.74. The van der Waals surface area contributed by atoms with Crippen LogP contribution in [0.15, 0.2) is 41.8 Å². The minimum Gasteiger partial charge on any atom is -0.385 e. The number of nitriles is 1. The van der Waals surface area contributed by atoms with E-state index in [0.717, 1.165) is 60.4 Å². The van der Waals surface area contributed by atoms with Gasteiger partial charge in [0.1, 0.15) is 6.07 Å². The Bertz CT molecular complexity index is 902. The number of benzene rings is 1. The number of nitrogens with one attached hydrogen (secondary N) is 3. The maximum Gasteiger partial charge on any atom is 0.152 e. The first kappa shape index (κ1) is 19.9. The molecule has 0 unspecified atom stereocenters. The van der Waals surface area contributed by atoms with E-state index in [4.69, 9.17) is 5.26 Å². The topological polar surface area (TPSA) is 79.8 Å². The maximum atomic E-state index is 8.95. The summed E-state index contributed by atoms with van der Waals surface area (Å²) in [7, 11) is 0. The van der Waals surface area contributed by atoms with Crippen LogP contribution in [-0.2, 0) is 0 Å². The number of aromatic nitrogens is 2. The van der Waals surface area contributed by atoms with Gasteiger partial charge in [0, 0.05) is 29.4 Å². The van der Waals surface area contributed by atoms with E-state index in [-0.39, 0.29) is 0 Å². The Kier molecular flexibility index (Phi) is 7.06. The summed E-state index contributed by atoms with van der Waals surface area (Å²) in [6.07, 6.45) is 1.13. The lowest BCUT2D eigenvalue weighted by Gasteiger charge is -2.18. The van der Waals surface area contributed by atoms with Crippen LogP contribution in [0.4, 0.5) is 17.2 Å². The molecule has 0 atom stereocenters. The molecule has 7 heteroatoms. The van der Waals surface area contributed by atoms with Gasteiger partial charge in [0.15, 0.2) is 5.82 Å². The Balaban J connectivity index is 1.50. The third kappa shape index (κ3) is 5.35. The molecule has 0 radical (unpaired) electrons. The SMILES string of the molecule is CCN(CC)CCCNc1ccc(Nc2cc(-c3cc(C#N)cs3)[nH]n2)cc1. The van der Waals surface area contributed by atoms with Crippen molar-refractivity contribution in [2.24, 2.45) is 0 Å². The van der Waals surface area contributed by atoms with E-state index < -0.39 is 0 Å². The van der Waals surface area contributed by atoms with Crippen molar-refractivity contribution in [3.8, 4) is 16.6 Å². The largest absolute Gasteiger partial charge is 0.385 e. The van der Waals surface area contributed by atoms with E-state index in [1.54, 1.807) is 0 Å². The summed E-state index contributed by atoms with van der Waals surface area (Å²) in [6, 6.07) is 14.2. The summed E-state index contributed by atoms with van der Waals surface area (Å²) in [4.78, 5) is 3.44. The van der Waals surface area contributed by atoms with Gasteiger partial charge in [-0.2, -0.15) is 10.4 Å². The molecule has 2 heterocycles. The summed E-state index contributed by atoms with van der Waals surface area (Å²) in [5.41, 5.74) is 3.68. The van der Waals surface area contributed by atoms with Crippen LogP contribution in [0, 0.1) is 11.3 Å². The molecule has 3 rings (SSSR count). The zero-order valence-corrected chi connectivity index (χ0v) is 17.1. The normalized spacial score (nSPS) is 10.8. The van der Waals surface area contributed by atoms with Crippen molar-refractivity contribution in [1.82, 2.24) is 15.1 Å². The van der Waals surface area contributed by atoms with Crippen LogP contribution in [0.3, 0.4) is 0 Å². The molecule has 2 aromatic heterocycles. The van der Waals surface area contributed by atoms with Gasteiger partial charge in [0.2, 0.25) is 0 Å². The monoisotopic (exact) mass is 394 g/mol. The van der Waals surface area contributed by atoms with Crippen molar-refractivity contribution in [3.63, 3.8) is 0 Å². The molecule has 0 amide bonds. The van der Waals surface area contributed by atoms with E-state index in [2.05, 4.69) is 57.8 Å². The van der Waals surface area contributed by atoms with Crippen LogP contribution in [0.1, 0.15) is 25.8 Å². The Morgan fingerprint density at radius 2 is 1.89 bits per heavy atom. The second-order valence-corrected chi connectivity index (χ2v) is 7.40. The number of hydrogen-bond acceptors (Lipinski definition) is 6. The first-order valence-corrected chi connectivity index (χ1v) is 10.5. The van der Waals surface area contributed by atoms with Crippen LogP contribution in [-0.4, -0.2) is 41.3 Å². The van der Waals surface area contributed by atoms with E-state index in [0.29, 0.717) is 5.56 Å². The quantitative estimate of drug-likeness (QED) is 0.426. The van der Waals surface area contributed by atoms with Gasteiger partial charge < -0.3 is 15.5 Å². The van der Waals surface area contributed by atoms with Gasteiger partial charge in [-0.05, 0) is 56.4 Å². The Morgan fingerprint density at radius 1 is 1.14 bits per heavy atom. The molecule has 0 spiro atoms. The minimum atomic E-state index is 0.671. The summed E-state index contributed by atoms with van der Waals surface area (Å²) in [5, 5.41) is 24.9. The highest BCUT2D eigenvalue weighted by Crippen LogP contribution is 2.28. The molecule has 6 nitrogen and oxygen atoms in total. The van der Waals surface area contributed by atoms with E-state index in [1.807, 2.05) is 29.6 Å². The maximum absolute atomic E-state index is 8.95. The predicted molar refractivity (Wildman–Crippen MR) is 117 cm³/mol. The summed E-state index contributed by atoms with van der Waals surface area (Å²) < 4.78 is 0. The molecule has 0 saturated heterocycles. The zero-order valence-electron chi connectivity index (χ0n) is 16.3. The average Bonchev–Trinajstić information content (AvgIpc) is 3.38. The lowest BCUT2D eigenvalue weighted by Crippen LogP contribution is -2.25. The molecule has 0 aliphatic heterocycles. The number of nitrogens with zero attached hydrogens (tertiary/aromatic N) is 3. The molecule has 0 bridgehead atoms. The minimum absolute atomic E-state index is 0.671. The Hall–Kier alpha value is -2.82. The van der Waals surface area contributed by atoms with Crippen molar-refractivity contribution in [2.75, 3.05) is 36.8 Å². The molecule has 0 fully saturated rings. The molecule has 0 aliphatic carbocycles. The van der Waals surface area contributed by atoms with E-state index in [1.165, 1.54) is 11.3 Å². The van der Waals surface area contributed by atoms with Crippen molar-refractivity contribution in [2.45, 2.75) is 20.3 Å². The lowest BCUT2D eigenvalue weighted by molar-refractivity contribution is 0.303. The van der Waals surface area contributed by atoms with Gasteiger partial charge in [-0.25, -0.2) is 0 Å². The average molecular weight is 395 g/mol. The molecular formula is C21H26N6S. The zero-order chi connectivity index (χ0) is 19.8. The number of H-pyrrole nitrogens is 1. The summed E-state index contributed by atoms with van der Waals surface area (Å²) >= 11 is 1.53. The molecule has 146 valence electrons. The van der Waals surface area contributed by atoms with Crippen LogP contribution < -0.4 is 10.6 Å². The highest BCUT2D eigenvalue weighted by Gasteiger charge is 2.07. The number of thiophene rings is 1. The van der Waals surface area contributed by atoms with Crippen molar-refractivity contribution in [1.29, 1.82) is 5.26 Å². The van der Waals surface area contributed by atoms with Gasteiger partial charge in [-0.3, -0.25) is 5.10 Å². The molecule has 1 aromatic carbocycles. The van der Waals surface area contributed by atoms with Crippen LogP contribution in [0.2, 0.25) is 0 Å². The van der Waals surface area contributed by atoms with Crippen molar-refractivity contribution >= 4 is 28.5 Å². The van der Waals surface area contributed by atoms with Crippen LogP contribution >= 0.6 is 11.3 Å². The highest BCUT2D eigenvalue weighted by atomic mass is 32.1. The molecule has 3 N–H and O–H groups in total. The van der Waals surface area contributed by atoms with E-state index in [9.17, 15) is 0 Å². The third-order valence-corrected chi connectivity index (χ3v) is 5.57. The number of rotatable bonds is 10. The smallest absolute Gasteiger partial charge is 0.152 e. The first-order chi connectivity index (χ1) is 13.7. The van der Waals surface area contributed by atoms with Crippen molar-refractivity contribution in [3.05, 3.63) is 47.3 Å². The van der Waals surface area contributed by atoms with Crippen LogP contribution in [0.25, 0.3) is 10.6 Å². The summed E-state index contributed by atoms with van der Waals surface area (Å²) in [5.74, 6) is 0.752. The second-order valence-electron chi connectivity index (χ2n) is 6.49. The summed E-state index contributed by atoms with van der Waals surface area (Å²) in [6.45, 7) is 8.72. The van der Waals surface area contributed by atoms with Gasteiger partial charge in [0.25, 0.3) is 0 Å². The fraction of sp³-hybridized carbons (Fsp3) is 0.333. The Labute approximate surface area is 170 Å². The second kappa shape index (κ2) is 9.93. The van der Waals surface area contributed by atoms with Crippen molar-refractivity contribution < 1.29 is 0 Å². The van der Waals surface area contributed by atoms with E-state index >= 15 is 0 Å². The predicted octanol–water partition coefficient (Wildman–Crippen LogP) is 4.90. The van der Waals surface area contributed by atoms with Gasteiger partial charge in [0.05, 0.1) is 16.1 Å². The third-order valence-electron chi connectivity index (χ3n) is 4.60. The molecule has 0 aliphatic rings. The molecular weight excluding hydrogens is 368 g/mol. The molecule has 28 heavy (non-hydrogen) atoms. The van der Waals surface area contributed by atoms with Gasteiger partial charge in [-0.1, -0.05) is 13.8 Å². The highest BCUT2D eigenvalue weighted by molar-refractivity contribution is 7.13. The number of hydrogen-bond donors (Lipinski definition) is 3. The Morgan fingerprint density at radius 3 is 2.57 bits per heavy atom. The first-order valence-electron chi connectivity index (χ1n) is 9.59. The van der Waals surface area contributed by atoms with Gasteiger partial charge >= 0.3 is 0 Å².